The summed E-state index contributed by atoms with van der Waals surface area (Å²) in [5, 5.41) is 0. The normalized spacial score (nSPS) is 11.9. The van der Waals surface area contributed by atoms with Gasteiger partial charge in [-0.05, 0) is 32.9 Å². The zero-order valence-corrected chi connectivity index (χ0v) is 15.9. The second kappa shape index (κ2) is 6.97. The van der Waals surface area contributed by atoms with Crippen LogP contribution in [-0.4, -0.2) is 41.7 Å². The van der Waals surface area contributed by atoms with Gasteiger partial charge in [-0.3, -0.25) is 9.59 Å². The van der Waals surface area contributed by atoms with E-state index in [9.17, 15) is 18.0 Å². The summed E-state index contributed by atoms with van der Waals surface area (Å²) in [7, 11) is -0.849. The molecule has 0 aromatic carbocycles. The van der Waals surface area contributed by atoms with Gasteiger partial charge < -0.3 is 9.13 Å². The van der Waals surface area contributed by atoms with E-state index in [2.05, 4.69) is 0 Å². The predicted octanol–water partition coefficient (Wildman–Crippen LogP) is 1.42. The zero-order chi connectivity index (χ0) is 18.9. The smallest absolute Gasteiger partial charge is 0.251 e. The number of rotatable bonds is 6. The molecule has 0 spiro atoms. The van der Waals surface area contributed by atoms with Gasteiger partial charge in [0.25, 0.3) is 5.56 Å². The van der Waals surface area contributed by atoms with Crippen molar-refractivity contribution in [2.75, 3.05) is 14.1 Å². The van der Waals surface area contributed by atoms with Gasteiger partial charge in [-0.15, -0.1) is 0 Å². The zero-order valence-electron chi connectivity index (χ0n) is 15.1. The summed E-state index contributed by atoms with van der Waals surface area (Å²) in [6, 6.07) is 4.22. The van der Waals surface area contributed by atoms with Gasteiger partial charge in [0.1, 0.15) is 0 Å². The molecule has 0 aliphatic heterocycles. The second-order valence-electron chi connectivity index (χ2n) is 6.07. The number of ketones is 1. The topological polar surface area (TPSA) is 81.4 Å². The minimum atomic E-state index is -3.67. The monoisotopic (exact) mass is 365 g/mol. The van der Waals surface area contributed by atoms with Gasteiger partial charge in [0.05, 0.1) is 11.4 Å². The van der Waals surface area contributed by atoms with Gasteiger partial charge in [0, 0.05) is 49.9 Å². The Morgan fingerprint density at radius 3 is 2.36 bits per heavy atom. The third-order valence-electron chi connectivity index (χ3n) is 4.24. The van der Waals surface area contributed by atoms with Crippen LogP contribution < -0.4 is 5.56 Å². The summed E-state index contributed by atoms with van der Waals surface area (Å²) < 4.78 is 28.6. The Morgan fingerprint density at radius 2 is 1.84 bits per heavy atom. The van der Waals surface area contributed by atoms with Gasteiger partial charge >= 0.3 is 0 Å². The summed E-state index contributed by atoms with van der Waals surface area (Å²) in [6.45, 7) is 6.32. The lowest BCUT2D eigenvalue weighted by Crippen LogP contribution is -2.27. The van der Waals surface area contributed by atoms with Crippen LogP contribution in [0.3, 0.4) is 0 Å². The average molecular weight is 365 g/mol. The van der Waals surface area contributed by atoms with Crippen molar-refractivity contribution in [3.8, 4) is 0 Å². The van der Waals surface area contributed by atoms with Crippen molar-refractivity contribution >= 4 is 15.8 Å². The number of Topliss-reactive ketones (excluding diaryl/α,β-unsaturated/α-hetero) is 1. The summed E-state index contributed by atoms with van der Waals surface area (Å²) in [5.41, 5.74) is 1.94. The van der Waals surface area contributed by atoms with Crippen LogP contribution in [0.5, 0.6) is 0 Å². The first-order valence-electron chi connectivity index (χ1n) is 7.92. The van der Waals surface area contributed by atoms with Crippen LogP contribution >= 0.6 is 0 Å². The minimum Gasteiger partial charge on any atom is -0.349 e. The van der Waals surface area contributed by atoms with Crippen LogP contribution in [0.4, 0.5) is 0 Å². The molecule has 0 aliphatic carbocycles. The Kier molecular flexibility index (Phi) is 5.34. The first kappa shape index (κ1) is 19.1. The Hall–Kier alpha value is -2.19. The number of sulfonamides is 1. The maximum atomic E-state index is 12.6. The van der Waals surface area contributed by atoms with Gasteiger partial charge in [-0.1, -0.05) is 0 Å². The number of carbonyl (C=O) groups excluding carboxylic acids is 1. The molecule has 0 aliphatic rings. The van der Waals surface area contributed by atoms with Crippen molar-refractivity contribution in [1.82, 2.24) is 13.4 Å². The Morgan fingerprint density at radius 1 is 1.20 bits per heavy atom. The average Bonchev–Trinajstić information content (AvgIpc) is 2.83. The molecule has 0 saturated carbocycles. The van der Waals surface area contributed by atoms with Crippen molar-refractivity contribution in [3.63, 3.8) is 0 Å². The number of pyridine rings is 1. The summed E-state index contributed by atoms with van der Waals surface area (Å²) >= 11 is 0. The Balaban J connectivity index is 2.41. The van der Waals surface area contributed by atoms with Gasteiger partial charge in [-0.2, -0.15) is 0 Å². The quantitative estimate of drug-likeness (QED) is 0.725. The fourth-order valence-corrected chi connectivity index (χ4v) is 3.73. The SMILES string of the molecule is CCn1c(C)cc(C(=O)Cn2cc(S(=O)(=O)N(C)C)ccc2=O)c1C. The highest BCUT2D eigenvalue weighted by Crippen LogP contribution is 2.17. The molecule has 136 valence electrons. The van der Waals surface area contributed by atoms with Gasteiger partial charge in [-0.25, -0.2) is 12.7 Å². The molecule has 2 aromatic heterocycles. The lowest BCUT2D eigenvalue weighted by molar-refractivity contribution is 0.0970. The maximum Gasteiger partial charge on any atom is 0.251 e. The van der Waals surface area contributed by atoms with Gasteiger partial charge in [0.15, 0.2) is 5.78 Å². The number of aromatic nitrogens is 2. The van der Waals surface area contributed by atoms with E-state index in [0.29, 0.717) is 5.56 Å². The lowest BCUT2D eigenvalue weighted by atomic mass is 10.1. The molecule has 0 N–H and O–H groups in total. The van der Waals surface area contributed by atoms with Crippen molar-refractivity contribution in [3.05, 3.63) is 51.7 Å². The van der Waals surface area contributed by atoms with E-state index in [1.807, 2.05) is 25.3 Å². The van der Waals surface area contributed by atoms with E-state index in [-0.39, 0.29) is 17.2 Å². The molecule has 0 bridgehead atoms. The van der Waals surface area contributed by atoms with Crippen LogP contribution in [0.1, 0.15) is 28.7 Å². The fourth-order valence-electron chi connectivity index (χ4n) is 2.81. The van der Waals surface area contributed by atoms with Crippen LogP contribution in [0.2, 0.25) is 0 Å². The molecule has 0 atom stereocenters. The molecule has 25 heavy (non-hydrogen) atoms. The van der Waals surface area contributed by atoms with Crippen LogP contribution in [-0.2, 0) is 23.1 Å². The molecule has 7 nitrogen and oxygen atoms in total. The molecule has 8 heteroatoms. The molecule has 0 amide bonds. The highest BCUT2D eigenvalue weighted by molar-refractivity contribution is 7.89. The van der Waals surface area contributed by atoms with Crippen molar-refractivity contribution < 1.29 is 13.2 Å². The first-order chi connectivity index (χ1) is 11.6. The van der Waals surface area contributed by atoms with Crippen LogP contribution in [0.25, 0.3) is 0 Å². The molecule has 2 aromatic rings. The molecule has 0 radical (unpaired) electrons. The van der Waals surface area contributed by atoms with Crippen molar-refractivity contribution in [2.24, 2.45) is 0 Å². The Bertz CT molecular complexity index is 968. The predicted molar refractivity (Wildman–Crippen MR) is 95.5 cm³/mol. The van der Waals surface area contributed by atoms with E-state index in [0.717, 1.165) is 26.8 Å². The maximum absolute atomic E-state index is 12.6. The molecule has 2 rings (SSSR count). The van der Waals surface area contributed by atoms with Crippen LogP contribution in [0.15, 0.2) is 34.1 Å². The van der Waals surface area contributed by atoms with Crippen molar-refractivity contribution in [1.29, 1.82) is 0 Å². The van der Waals surface area contributed by atoms with Crippen LogP contribution in [0, 0.1) is 13.8 Å². The van der Waals surface area contributed by atoms with E-state index >= 15 is 0 Å². The van der Waals surface area contributed by atoms with E-state index in [1.165, 1.54) is 32.4 Å². The molecule has 0 saturated heterocycles. The Labute approximate surface area is 147 Å². The van der Waals surface area contributed by atoms with Gasteiger partial charge in [0.2, 0.25) is 10.0 Å². The number of hydrogen-bond acceptors (Lipinski definition) is 4. The third kappa shape index (κ3) is 3.59. The lowest BCUT2D eigenvalue weighted by Gasteiger charge is -2.13. The second-order valence-corrected chi connectivity index (χ2v) is 8.22. The third-order valence-corrected chi connectivity index (χ3v) is 6.04. The molecule has 0 fully saturated rings. The summed E-state index contributed by atoms with van der Waals surface area (Å²) in [5.74, 6) is -0.227. The number of carbonyl (C=O) groups is 1. The van der Waals surface area contributed by atoms with Crippen molar-refractivity contribution in [2.45, 2.75) is 38.8 Å². The number of hydrogen-bond donors (Lipinski definition) is 0. The minimum absolute atomic E-state index is 0.0241. The fraction of sp³-hybridized carbons (Fsp3) is 0.412. The molecule has 2 heterocycles. The standard InChI is InChI=1S/C17H23N3O4S/c1-6-20-12(2)9-15(13(20)3)16(21)11-19-10-14(7-8-17(19)22)25(23,24)18(4)5/h7-10H,6,11H2,1-5H3. The highest BCUT2D eigenvalue weighted by Gasteiger charge is 2.20. The molecule has 0 unspecified atom stereocenters. The number of aryl methyl sites for hydroxylation is 1. The number of nitrogens with zero attached hydrogens (tertiary/aromatic N) is 3. The summed E-state index contributed by atoms with van der Waals surface area (Å²) in [6.07, 6.45) is 1.22. The van der Waals surface area contributed by atoms with E-state index in [1.54, 1.807) is 6.07 Å². The van der Waals surface area contributed by atoms with E-state index in [4.69, 9.17) is 0 Å². The first-order valence-corrected chi connectivity index (χ1v) is 9.36. The molecular formula is C17H23N3O4S. The molecular weight excluding hydrogens is 342 g/mol. The largest absolute Gasteiger partial charge is 0.349 e. The highest BCUT2D eigenvalue weighted by atomic mass is 32.2. The van der Waals surface area contributed by atoms with E-state index < -0.39 is 15.6 Å². The summed E-state index contributed by atoms with van der Waals surface area (Å²) in [4.78, 5) is 24.7.